The molecule has 3 heterocycles. The Morgan fingerprint density at radius 2 is 2.00 bits per heavy atom. The third kappa shape index (κ3) is 1.63. The van der Waals surface area contributed by atoms with Gasteiger partial charge >= 0.3 is 11.7 Å². The third-order valence-electron chi connectivity index (χ3n) is 2.61. The van der Waals surface area contributed by atoms with Gasteiger partial charge in [0.2, 0.25) is 0 Å². The van der Waals surface area contributed by atoms with Crippen LogP contribution in [0.25, 0.3) is 0 Å². The summed E-state index contributed by atoms with van der Waals surface area (Å²) >= 11 is 1.42. The number of amides is 2. The molecule has 0 radical (unpaired) electrons. The molecule has 8 heteroatoms. The summed E-state index contributed by atoms with van der Waals surface area (Å²) in [6, 6.07) is 2.64. The fraction of sp³-hybridized carbons (Fsp3) is 0.100. The highest BCUT2D eigenvalue weighted by atomic mass is 32.1. The molecule has 3 rings (SSSR count). The minimum Gasteiger partial charge on any atom is -0.326 e. The van der Waals surface area contributed by atoms with Gasteiger partial charge in [-0.3, -0.25) is 20.1 Å². The van der Waals surface area contributed by atoms with E-state index in [0.717, 1.165) is 4.88 Å². The SMILES string of the molecule is O=C1Nc2[nH]c(=O)[nH]c(=O)c2C(c2cccs2)N1. The van der Waals surface area contributed by atoms with Gasteiger partial charge < -0.3 is 5.32 Å². The minimum atomic E-state index is -0.647. The van der Waals surface area contributed by atoms with Crippen LogP contribution in [-0.2, 0) is 0 Å². The Balaban J connectivity index is 2.24. The maximum atomic E-state index is 11.8. The Hall–Kier alpha value is -2.35. The van der Waals surface area contributed by atoms with Gasteiger partial charge in [0.05, 0.1) is 11.6 Å². The number of fused-ring (bicyclic) bond motifs is 1. The molecular weight excluding hydrogens is 256 g/mol. The molecule has 0 spiro atoms. The van der Waals surface area contributed by atoms with Crippen LogP contribution in [0.15, 0.2) is 27.1 Å². The largest absolute Gasteiger partial charge is 0.327 e. The summed E-state index contributed by atoms with van der Waals surface area (Å²) in [4.78, 5) is 39.9. The van der Waals surface area contributed by atoms with Crippen molar-refractivity contribution in [1.82, 2.24) is 15.3 Å². The number of aromatic amines is 2. The molecule has 1 atom stereocenters. The van der Waals surface area contributed by atoms with Crippen molar-refractivity contribution in [2.24, 2.45) is 0 Å². The van der Waals surface area contributed by atoms with E-state index in [2.05, 4.69) is 20.6 Å². The molecule has 1 aliphatic heterocycles. The second-order valence-electron chi connectivity index (χ2n) is 3.74. The zero-order valence-electron chi connectivity index (χ0n) is 8.94. The van der Waals surface area contributed by atoms with Crippen molar-refractivity contribution >= 4 is 23.2 Å². The molecule has 0 bridgehead atoms. The molecule has 1 unspecified atom stereocenters. The fourth-order valence-corrected chi connectivity index (χ4v) is 2.68. The summed E-state index contributed by atoms with van der Waals surface area (Å²) in [5, 5.41) is 6.92. The Morgan fingerprint density at radius 1 is 1.17 bits per heavy atom. The van der Waals surface area contributed by atoms with Crippen LogP contribution in [-0.4, -0.2) is 16.0 Å². The number of thiophene rings is 1. The van der Waals surface area contributed by atoms with E-state index < -0.39 is 23.3 Å². The first kappa shape index (κ1) is 10.8. The number of carbonyl (C=O) groups excluding carboxylic acids is 1. The van der Waals surface area contributed by atoms with Crippen molar-refractivity contribution in [2.75, 3.05) is 5.32 Å². The first-order chi connectivity index (χ1) is 8.65. The second kappa shape index (κ2) is 3.84. The van der Waals surface area contributed by atoms with Crippen LogP contribution in [0.1, 0.15) is 16.5 Å². The van der Waals surface area contributed by atoms with Crippen molar-refractivity contribution in [1.29, 1.82) is 0 Å². The maximum Gasteiger partial charge on any atom is 0.327 e. The Bertz CT molecular complexity index is 715. The van der Waals surface area contributed by atoms with Gasteiger partial charge in [0.25, 0.3) is 5.56 Å². The standard InChI is InChI=1S/C10H8N4O3S/c15-8-5-6(4-2-1-3-18-4)11-9(16)12-7(5)13-10(17)14-8/h1-3,6H,(H4,11,12,13,14,15,16,17). The molecule has 7 nitrogen and oxygen atoms in total. The first-order valence-corrected chi connectivity index (χ1v) is 6.00. The van der Waals surface area contributed by atoms with Crippen LogP contribution in [0.5, 0.6) is 0 Å². The normalized spacial score (nSPS) is 17.8. The van der Waals surface area contributed by atoms with Crippen LogP contribution in [0, 0.1) is 0 Å². The second-order valence-corrected chi connectivity index (χ2v) is 4.72. The molecule has 18 heavy (non-hydrogen) atoms. The molecule has 92 valence electrons. The lowest BCUT2D eigenvalue weighted by molar-refractivity contribution is 0.249. The molecule has 2 amide bonds. The monoisotopic (exact) mass is 264 g/mol. The third-order valence-corrected chi connectivity index (χ3v) is 3.55. The maximum absolute atomic E-state index is 11.8. The lowest BCUT2D eigenvalue weighted by Crippen LogP contribution is -2.43. The Morgan fingerprint density at radius 3 is 2.72 bits per heavy atom. The predicted octanol–water partition coefficient (Wildman–Crippen LogP) is 0.349. The van der Waals surface area contributed by atoms with Crippen molar-refractivity contribution in [2.45, 2.75) is 6.04 Å². The van der Waals surface area contributed by atoms with Crippen LogP contribution < -0.4 is 21.9 Å². The molecular formula is C10H8N4O3S. The van der Waals surface area contributed by atoms with E-state index in [1.54, 1.807) is 0 Å². The fourth-order valence-electron chi connectivity index (χ4n) is 1.89. The number of H-pyrrole nitrogens is 2. The summed E-state index contributed by atoms with van der Waals surface area (Å²) in [5.41, 5.74) is -0.859. The van der Waals surface area contributed by atoms with E-state index >= 15 is 0 Å². The molecule has 0 fully saturated rings. The van der Waals surface area contributed by atoms with E-state index in [9.17, 15) is 14.4 Å². The summed E-state index contributed by atoms with van der Waals surface area (Å²) in [6.07, 6.45) is 0. The molecule has 2 aromatic rings. The lowest BCUT2D eigenvalue weighted by Gasteiger charge is -2.24. The highest BCUT2D eigenvalue weighted by Gasteiger charge is 2.29. The quantitative estimate of drug-likeness (QED) is 0.597. The van der Waals surface area contributed by atoms with Gasteiger partial charge in [0.1, 0.15) is 5.82 Å². The van der Waals surface area contributed by atoms with Crippen molar-refractivity contribution in [3.8, 4) is 0 Å². The topological polar surface area (TPSA) is 107 Å². The Kier molecular flexibility index (Phi) is 2.30. The molecule has 4 N–H and O–H groups in total. The van der Waals surface area contributed by atoms with Crippen LogP contribution in [0.3, 0.4) is 0 Å². The van der Waals surface area contributed by atoms with Gasteiger partial charge in [-0.25, -0.2) is 9.59 Å². The zero-order chi connectivity index (χ0) is 12.7. The van der Waals surface area contributed by atoms with Gasteiger partial charge in [0.15, 0.2) is 0 Å². The minimum absolute atomic E-state index is 0.144. The summed E-state index contributed by atoms with van der Waals surface area (Å²) in [6.45, 7) is 0. The number of rotatable bonds is 1. The molecule has 2 aromatic heterocycles. The Labute approximate surface area is 104 Å². The zero-order valence-corrected chi connectivity index (χ0v) is 9.76. The van der Waals surface area contributed by atoms with Gasteiger partial charge in [0, 0.05) is 4.88 Å². The number of carbonyl (C=O) groups is 1. The van der Waals surface area contributed by atoms with Crippen LogP contribution in [0.4, 0.5) is 10.6 Å². The van der Waals surface area contributed by atoms with Gasteiger partial charge in [-0.15, -0.1) is 11.3 Å². The number of anilines is 1. The molecule has 1 aliphatic rings. The number of hydrogen-bond donors (Lipinski definition) is 4. The van der Waals surface area contributed by atoms with Crippen molar-refractivity contribution in [3.63, 3.8) is 0 Å². The van der Waals surface area contributed by atoms with Gasteiger partial charge in [-0.05, 0) is 11.4 Å². The molecule has 0 aromatic carbocycles. The summed E-state index contributed by atoms with van der Waals surface area (Å²) < 4.78 is 0. The van der Waals surface area contributed by atoms with E-state index in [1.807, 2.05) is 17.5 Å². The van der Waals surface area contributed by atoms with Crippen LogP contribution >= 0.6 is 11.3 Å². The summed E-state index contributed by atoms with van der Waals surface area (Å²) in [7, 11) is 0. The average molecular weight is 264 g/mol. The number of urea groups is 1. The lowest BCUT2D eigenvalue weighted by atomic mass is 10.1. The van der Waals surface area contributed by atoms with E-state index in [1.165, 1.54) is 11.3 Å². The van der Waals surface area contributed by atoms with E-state index in [-0.39, 0.29) is 5.82 Å². The average Bonchev–Trinajstić information content (AvgIpc) is 2.79. The number of nitrogens with one attached hydrogen (secondary N) is 4. The van der Waals surface area contributed by atoms with E-state index in [0.29, 0.717) is 5.56 Å². The predicted molar refractivity (Wildman–Crippen MR) is 66.0 cm³/mol. The molecule has 0 saturated carbocycles. The smallest absolute Gasteiger partial charge is 0.326 e. The van der Waals surface area contributed by atoms with E-state index in [4.69, 9.17) is 0 Å². The summed E-state index contributed by atoms with van der Waals surface area (Å²) in [5.74, 6) is 0.144. The highest BCUT2D eigenvalue weighted by Crippen LogP contribution is 2.29. The van der Waals surface area contributed by atoms with Crippen molar-refractivity contribution in [3.05, 3.63) is 48.8 Å². The molecule has 0 saturated heterocycles. The number of hydrogen-bond acceptors (Lipinski definition) is 4. The highest BCUT2D eigenvalue weighted by molar-refractivity contribution is 7.10. The number of aromatic nitrogens is 2. The molecule has 0 aliphatic carbocycles. The van der Waals surface area contributed by atoms with Crippen molar-refractivity contribution < 1.29 is 4.79 Å². The van der Waals surface area contributed by atoms with Crippen LogP contribution in [0.2, 0.25) is 0 Å². The van der Waals surface area contributed by atoms with Gasteiger partial charge in [-0.1, -0.05) is 6.07 Å². The first-order valence-electron chi connectivity index (χ1n) is 5.12. The van der Waals surface area contributed by atoms with Gasteiger partial charge in [-0.2, -0.15) is 0 Å².